The minimum atomic E-state index is -1.16. The first kappa shape index (κ1) is 14.7. The van der Waals surface area contributed by atoms with E-state index in [2.05, 4.69) is 0 Å². The summed E-state index contributed by atoms with van der Waals surface area (Å²) in [7, 11) is 2.65. The fourth-order valence-electron chi connectivity index (χ4n) is 2.84. The molecule has 0 aromatic carbocycles. The van der Waals surface area contributed by atoms with Crippen LogP contribution in [0.1, 0.15) is 39.0 Å². The van der Waals surface area contributed by atoms with Crippen LogP contribution in [0.5, 0.6) is 0 Å². The maximum Gasteiger partial charge on any atom is 0.323 e. The van der Waals surface area contributed by atoms with Gasteiger partial charge in [0.15, 0.2) is 5.41 Å². The molecule has 0 heterocycles. The molecular formula is C14H22O4. The van der Waals surface area contributed by atoms with Gasteiger partial charge in [0.05, 0.1) is 14.2 Å². The van der Waals surface area contributed by atoms with E-state index < -0.39 is 17.4 Å². The second kappa shape index (κ2) is 6.57. The van der Waals surface area contributed by atoms with Crippen LogP contribution in [-0.4, -0.2) is 26.2 Å². The van der Waals surface area contributed by atoms with Crippen molar-refractivity contribution in [2.75, 3.05) is 14.2 Å². The average molecular weight is 254 g/mol. The Morgan fingerprint density at radius 2 is 1.67 bits per heavy atom. The lowest BCUT2D eigenvalue weighted by atomic mass is 9.71. The van der Waals surface area contributed by atoms with Gasteiger partial charge in [-0.1, -0.05) is 25.0 Å². The number of hydrogen-bond donors (Lipinski definition) is 0. The zero-order valence-electron chi connectivity index (χ0n) is 11.4. The molecule has 0 aliphatic heterocycles. The van der Waals surface area contributed by atoms with E-state index in [1.807, 2.05) is 19.1 Å². The van der Waals surface area contributed by atoms with E-state index in [1.165, 1.54) is 14.2 Å². The Kier molecular flexibility index (Phi) is 5.38. The molecule has 1 aliphatic carbocycles. The minimum absolute atomic E-state index is 0.0219. The second-order valence-corrected chi connectivity index (χ2v) is 4.71. The molecule has 1 aliphatic rings. The van der Waals surface area contributed by atoms with Gasteiger partial charge in [-0.25, -0.2) is 0 Å². The number of allylic oxidation sites excluding steroid dienone is 2. The summed E-state index contributed by atoms with van der Waals surface area (Å²) in [5.74, 6) is -0.924. The number of ether oxygens (including phenoxy) is 2. The van der Waals surface area contributed by atoms with Crippen LogP contribution >= 0.6 is 0 Å². The monoisotopic (exact) mass is 254 g/mol. The fourth-order valence-corrected chi connectivity index (χ4v) is 2.84. The summed E-state index contributed by atoms with van der Waals surface area (Å²) in [6.45, 7) is 1.87. The summed E-state index contributed by atoms with van der Waals surface area (Å²) in [4.78, 5) is 24.3. The van der Waals surface area contributed by atoms with Gasteiger partial charge in [0.1, 0.15) is 0 Å². The maximum absolute atomic E-state index is 12.2. The van der Waals surface area contributed by atoms with Gasteiger partial charge in [-0.05, 0) is 32.1 Å². The van der Waals surface area contributed by atoms with E-state index in [1.54, 1.807) is 0 Å². The van der Waals surface area contributed by atoms with Gasteiger partial charge in [-0.2, -0.15) is 0 Å². The summed E-state index contributed by atoms with van der Waals surface area (Å²) < 4.78 is 9.75. The number of hydrogen-bond acceptors (Lipinski definition) is 4. The molecular weight excluding hydrogens is 232 g/mol. The molecule has 0 unspecified atom stereocenters. The summed E-state index contributed by atoms with van der Waals surface area (Å²) >= 11 is 0. The Balaban J connectivity index is 3.14. The zero-order valence-corrected chi connectivity index (χ0v) is 11.4. The molecule has 0 N–H and O–H groups in total. The topological polar surface area (TPSA) is 52.6 Å². The lowest BCUT2D eigenvalue weighted by Crippen LogP contribution is -2.46. The van der Waals surface area contributed by atoms with Gasteiger partial charge < -0.3 is 9.47 Å². The standard InChI is InChI=1S/C14H22O4/c1-4-5-10-14(12(15)17-2,13(16)18-3)11-8-6-7-9-11/h4-5,11H,6-10H2,1-3H3/b5-4+. The van der Waals surface area contributed by atoms with Crippen LogP contribution in [0.2, 0.25) is 0 Å². The lowest BCUT2D eigenvalue weighted by Gasteiger charge is -2.32. The summed E-state index contributed by atoms with van der Waals surface area (Å²) in [6, 6.07) is 0. The highest BCUT2D eigenvalue weighted by Crippen LogP contribution is 2.44. The number of esters is 2. The van der Waals surface area contributed by atoms with Crippen molar-refractivity contribution < 1.29 is 19.1 Å². The molecule has 0 radical (unpaired) electrons. The Morgan fingerprint density at radius 3 is 2.06 bits per heavy atom. The summed E-state index contributed by atoms with van der Waals surface area (Å²) in [5, 5.41) is 0. The van der Waals surface area contributed by atoms with E-state index in [4.69, 9.17) is 9.47 Å². The van der Waals surface area contributed by atoms with Crippen LogP contribution < -0.4 is 0 Å². The molecule has 1 rings (SSSR count). The van der Waals surface area contributed by atoms with Crippen LogP contribution in [0.25, 0.3) is 0 Å². The van der Waals surface area contributed by atoms with E-state index in [0.717, 1.165) is 25.7 Å². The molecule has 0 atom stereocenters. The van der Waals surface area contributed by atoms with Crippen molar-refractivity contribution in [2.45, 2.75) is 39.0 Å². The highest BCUT2D eigenvalue weighted by molar-refractivity contribution is 6.00. The molecule has 0 aromatic rings. The first-order valence-corrected chi connectivity index (χ1v) is 6.41. The summed E-state index contributed by atoms with van der Waals surface area (Å²) in [5.41, 5.74) is -1.16. The third kappa shape index (κ3) is 2.57. The molecule has 18 heavy (non-hydrogen) atoms. The van der Waals surface area contributed by atoms with Crippen molar-refractivity contribution in [2.24, 2.45) is 11.3 Å². The third-order valence-corrected chi connectivity index (χ3v) is 3.83. The van der Waals surface area contributed by atoms with Crippen LogP contribution in [0.4, 0.5) is 0 Å². The first-order chi connectivity index (χ1) is 8.63. The summed E-state index contributed by atoms with van der Waals surface area (Å²) in [6.07, 6.45) is 7.89. The lowest BCUT2D eigenvalue weighted by molar-refractivity contribution is -0.173. The minimum Gasteiger partial charge on any atom is -0.468 e. The second-order valence-electron chi connectivity index (χ2n) is 4.71. The predicted molar refractivity (Wildman–Crippen MR) is 67.9 cm³/mol. The molecule has 4 nitrogen and oxygen atoms in total. The SMILES string of the molecule is C/C=C/CC(C(=O)OC)(C(=O)OC)C1CCCC1. The van der Waals surface area contributed by atoms with Crippen LogP contribution in [0, 0.1) is 11.3 Å². The van der Waals surface area contributed by atoms with E-state index in [9.17, 15) is 9.59 Å². The third-order valence-electron chi connectivity index (χ3n) is 3.83. The molecule has 102 valence electrons. The first-order valence-electron chi connectivity index (χ1n) is 6.41. The molecule has 0 amide bonds. The van der Waals surface area contributed by atoms with Gasteiger partial charge >= 0.3 is 11.9 Å². The number of rotatable bonds is 5. The van der Waals surface area contributed by atoms with Gasteiger partial charge in [0.25, 0.3) is 0 Å². The number of carbonyl (C=O) groups is 2. The van der Waals surface area contributed by atoms with Crippen molar-refractivity contribution >= 4 is 11.9 Å². The van der Waals surface area contributed by atoms with Crippen LogP contribution in [0.15, 0.2) is 12.2 Å². The number of methoxy groups -OCH3 is 2. The van der Waals surface area contributed by atoms with Gasteiger partial charge in [0, 0.05) is 0 Å². The predicted octanol–water partition coefficient (Wildman–Crippen LogP) is 2.48. The smallest absolute Gasteiger partial charge is 0.323 e. The Bertz CT molecular complexity index is 311. The molecule has 0 bridgehead atoms. The average Bonchev–Trinajstić information content (AvgIpc) is 2.93. The highest BCUT2D eigenvalue weighted by Gasteiger charge is 2.53. The van der Waals surface area contributed by atoms with E-state index >= 15 is 0 Å². The van der Waals surface area contributed by atoms with Crippen molar-refractivity contribution in [3.63, 3.8) is 0 Å². The Morgan fingerprint density at radius 1 is 1.17 bits per heavy atom. The van der Waals surface area contributed by atoms with E-state index in [-0.39, 0.29) is 5.92 Å². The Hall–Kier alpha value is -1.32. The van der Waals surface area contributed by atoms with Crippen molar-refractivity contribution in [1.82, 2.24) is 0 Å². The number of carbonyl (C=O) groups excluding carboxylic acids is 2. The van der Waals surface area contributed by atoms with Gasteiger partial charge in [-0.3, -0.25) is 9.59 Å². The molecule has 1 fully saturated rings. The largest absolute Gasteiger partial charge is 0.468 e. The fraction of sp³-hybridized carbons (Fsp3) is 0.714. The molecule has 0 saturated heterocycles. The molecule has 0 aromatic heterocycles. The normalized spacial score (nSPS) is 17.1. The van der Waals surface area contributed by atoms with E-state index in [0.29, 0.717) is 6.42 Å². The zero-order chi connectivity index (χ0) is 13.6. The van der Waals surface area contributed by atoms with Gasteiger partial charge in [-0.15, -0.1) is 0 Å². The van der Waals surface area contributed by atoms with Crippen molar-refractivity contribution in [3.8, 4) is 0 Å². The van der Waals surface area contributed by atoms with Crippen molar-refractivity contribution in [1.29, 1.82) is 0 Å². The quantitative estimate of drug-likeness (QED) is 0.429. The molecule has 1 saturated carbocycles. The van der Waals surface area contributed by atoms with Crippen LogP contribution in [-0.2, 0) is 19.1 Å². The maximum atomic E-state index is 12.2. The van der Waals surface area contributed by atoms with Crippen molar-refractivity contribution in [3.05, 3.63) is 12.2 Å². The Labute approximate surface area is 108 Å². The molecule has 0 spiro atoms. The van der Waals surface area contributed by atoms with Crippen LogP contribution in [0.3, 0.4) is 0 Å². The highest BCUT2D eigenvalue weighted by atomic mass is 16.5. The van der Waals surface area contributed by atoms with Gasteiger partial charge in [0.2, 0.25) is 0 Å². The molecule has 4 heteroatoms.